The Balaban J connectivity index is 1.38. The van der Waals surface area contributed by atoms with Gasteiger partial charge in [-0.05, 0) is 63.3 Å². The Morgan fingerprint density at radius 3 is 2.54 bits per heavy atom. The van der Waals surface area contributed by atoms with E-state index in [0.29, 0.717) is 19.0 Å². The Morgan fingerprint density at radius 1 is 1.00 bits per heavy atom. The van der Waals surface area contributed by atoms with Gasteiger partial charge in [0, 0.05) is 22.9 Å². The van der Waals surface area contributed by atoms with Gasteiger partial charge in [-0.25, -0.2) is 9.97 Å². The Labute approximate surface area is 207 Å². The summed E-state index contributed by atoms with van der Waals surface area (Å²) in [5.41, 5.74) is 7.29. The zero-order valence-electron chi connectivity index (χ0n) is 21.2. The molecule has 1 aliphatic carbocycles. The number of aromatic nitrogens is 3. The fourth-order valence-electron chi connectivity index (χ4n) is 3.92. The average molecular weight is 472 g/mol. The normalized spacial score (nSPS) is 15.1. The zero-order valence-corrected chi connectivity index (χ0v) is 21.2. The van der Waals surface area contributed by atoms with Crippen molar-refractivity contribution in [1.82, 2.24) is 15.0 Å². The summed E-state index contributed by atoms with van der Waals surface area (Å²) in [6, 6.07) is 14.0. The summed E-state index contributed by atoms with van der Waals surface area (Å²) in [6.45, 7) is 10.9. The second kappa shape index (κ2) is 10.8. The van der Waals surface area contributed by atoms with Gasteiger partial charge >= 0.3 is 0 Å². The Kier molecular flexibility index (Phi) is 7.54. The van der Waals surface area contributed by atoms with E-state index >= 15 is 0 Å². The van der Waals surface area contributed by atoms with Gasteiger partial charge in [0.25, 0.3) is 0 Å². The van der Waals surface area contributed by atoms with Gasteiger partial charge in [-0.3, -0.25) is 4.98 Å². The molecule has 7 nitrogen and oxygen atoms in total. The highest BCUT2D eigenvalue weighted by atomic mass is 16.6. The van der Waals surface area contributed by atoms with Crippen molar-refractivity contribution in [2.45, 2.75) is 53.9 Å². The molecule has 0 bridgehead atoms. The molecule has 0 N–H and O–H groups in total. The first-order valence-corrected chi connectivity index (χ1v) is 12.0. The van der Waals surface area contributed by atoms with Crippen LogP contribution in [0.1, 0.15) is 61.8 Å². The third-order valence-corrected chi connectivity index (χ3v) is 5.78. The number of benzene rings is 1. The molecule has 0 radical (unpaired) electrons. The molecule has 0 unspecified atom stereocenters. The lowest BCUT2D eigenvalue weighted by molar-refractivity contribution is -0.000158. The van der Waals surface area contributed by atoms with E-state index in [4.69, 9.17) is 14.7 Å². The Hall–Kier alpha value is -3.61. The van der Waals surface area contributed by atoms with Crippen LogP contribution < -0.4 is 0 Å². The molecule has 1 aliphatic rings. The number of pyridine rings is 1. The lowest BCUT2D eigenvalue weighted by Crippen LogP contribution is -2.24. The maximum atomic E-state index is 5.80. The fourth-order valence-corrected chi connectivity index (χ4v) is 3.92. The first-order valence-electron chi connectivity index (χ1n) is 12.0. The van der Waals surface area contributed by atoms with E-state index in [1.54, 1.807) is 0 Å². The maximum Gasteiger partial charge on any atom is 0.159 e. The van der Waals surface area contributed by atoms with Crippen molar-refractivity contribution < 1.29 is 9.68 Å². The predicted molar refractivity (Wildman–Crippen MR) is 139 cm³/mol. The van der Waals surface area contributed by atoms with Crippen LogP contribution in [0.15, 0.2) is 59.0 Å². The topological polar surface area (TPSA) is 81.9 Å². The third-order valence-electron chi connectivity index (χ3n) is 5.78. The summed E-state index contributed by atoms with van der Waals surface area (Å²) < 4.78 is 0. The van der Waals surface area contributed by atoms with Gasteiger partial charge in [-0.1, -0.05) is 54.5 Å². The van der Waals surface area contributed by atoms with Crippen LogP contribution in [0, 0.1) is 19.3 Å². The first-order chi connectivity index (χ1) is 16.8. The highest BCUT2D eigenvalue weighted by Gasteiger charge is 2.23. The van der Waals surface area contributed by atoms with Crippen LogP contribution in [0.5, 0.6) is 0 Å². The molecule has 3 aromatic rings. The molecule has 0 atom stereocenters. The summed E-state index contributed by atoms with van der Waals surface area (Å²) >= 11 is 0. The quantitative estimate of drug-likeness (QED) is 0.312. The van der Waals surface area contributed by atoms with Gasteiger partial charge < -0.3 is 9.68 Å². The molecule has 0 amide bonds. The van der Waals surface area contributed by atoms with Crippen LogP contribution in [0.4, 0.5) is 0 Å². The van der Waals surface area contributed by atoms with E-state index in [0.717, 1.165) is 64.5 Å². The van der Waals surface area contributed by atoms with E-state index in [-0.39, 0.29) is 5.41 Å². The molecule has 2 aromatic heterocycles. The molecule has 0 spiro atoms. The summed E-state index contributed by atoms with van der Waals surface area (Å²) in [7, 11) is 0. The van der Waals surface area contributed by atoms with Crippen molar-refractivity contribution in [1.29, 1.82) is 0 Å². The molecule has 0 saturated carbocycles. The highest BCUT2D eigenvalue weighted by molar-refractivity contribution is 6.01. The van der Waals surface area contributed by atoms with Gasteiger partial charge in [-0.2, -0.15) is 0 Å². The largest absolute Gasteiger partial charge is 0.395 e. The van der Waals surface area contributed by atoms with Crippen molar-refractivity contribution in [3.05, 3.63) is 76.9 Å². The molecule has 0 fully saturated rings. The van der Waals surface area contributed by atoms with Gasteiger partial charge in [0.05, 0.1) is 11.4 Å². The van der Waals surface area contributed by atoms with E-state index in [9.17, 15) is 0 Å². The summed E-state index contributed by atoms with van der Waals surface area (Å²) in [6.07, 6.45) is 4.72. The molecule has 2 heterocycles. The lowest BCUT2D eigenvalue weighted by atomic mass is 9.95. The minimum atomic E-state index is -0.276. The monoisotopic (exact) mass is 471 g/mol. The highest BCUT2D eigenvalue weighted by Crippen LogP contribution is 2.24. The van der Waals surface area contributed by atoms with Crippen molar-refractivity contribution in [3.8, 4) is 11.4 Å². The number of nitrogens with zero attached hydrogens (tertiary/aromatic N) is 5. The molecule has 0 saturated heterocycles. The molecular weight excluding hydrogens is 438 g/mol. The van der Waals surface area contributed by atoms with Crippen LogP contribution in [0.2, 0.25) is 0 Å². The van der Waals surface area contributed by atoms with Gasteiger partial charge in [0.1, 0.15) is 24.6 Å². The summed E-state index contributed by atoms with van der Waals surface area (Å²) in [4.78, 5) is 25.4. The predicted octanol–water partition coefficient (Wildman–Crippen LogP) is 5.68. The zero-order chi connectivity index (χ0) is 24.8. The average Bonchev–Trinajstić information content (AvgIpc) is 2.83. The van der Waals surface area contributed by atoms with Crippen molar-refractivity contribution in [2.24, 2.45) is 15.7 Å². The van der Waals surface area contributed by atoms with E-state index < -0.39 is 0 Å². The Morgan fingerprint density at radius 2 is 1.77 bits per heavy atom. The van der Waals surface area contributed by atoms with Crippen LogP contribution in [0.3, 0.4) is 0 Å². The molecule has 35 heavy (non-hydrogen) atoms. The number of hydrogen-bond donors (Lipinski definition) is 0. The number of fused-ring (bicyclic) bond motifs is 1. The summed E-state index contributed by atoms with van der Waals surface area (Å²) in [5.74, 6) is 0.708. The molecule has 1 aromatic carbocycles. The second-order valence-electron chi connectivity index (χ2n) is 9.88. The SMILES string of the molecule is C/C(=N\OCC(C)(C)CO/N=C1\CCCc2cnc(-c3ccccc3)nc21)c1cc(C)cc(C)n1. The number of aryl methyl sites for hydroxylation is 3. The molecular formula is C28H33N5O2. The maximum absolute atomic E-state index is 5.80. The number of rotatable bonds is 8. The van der Waals surface area contributed by atoms with Gasteiger partial charge in [-0.15, -0.1) is 0 Å². The van der Waals surface area contributed by atoms with E-state index in [1.807, 2.05) is 69.4 Å². The van der Waals surface area contributed by atoms with E-state index in [2.05, 4.69) is 34.1 Å². The van der Waals surface area contributed by atoms with Crippen LogP contribution >= 0.6 is 0 Å². The molecule has 0 aliphatic heterocycles. The van der Waals surface area contributed by atoms with Gasteiger partial charge in [0.2, 0.25) is 0 Å². The van der Waals surface area contributed by atoms with Crippen molar-refractivity contribution in [3.63, 3.8) is 0 Å². The molecule has 4 rings (SSSR count). The fraction of sp³-hybridized carbons (Fsp3) is 0.393. The lowest BCUT2D eigenvalue weighted by Gasteiger charge is -2.22. The van der Waals surface area contributed by atoms with Crippen LogP contribution in [-0.2, 0) is 16.1 Å². The van der Waals surface area contributed by atoms with Crippen molar-refractivity contribution >= 4 is 11.4 Å². The smallest absolute Gasteiger partial charge is 0.159 e. The number of oxime groups is 2. The van der Waals surface area contributed by atoms with E-state index in [1.165, 1.54) is 0 Å². The van der Waals surface area contributed by atoms with Gasteiger partial charge in [0.15, 0.2) is 5.82 Å². The molecule has 182 valence electrons. The minimum Gasteiger partial charge on any atom is -0.395 e. The second-order valence-corrected chi connectivity index (χ2v) is 9.88. The first kappa shape index (κ1) is 24.5. The molecule has 7 heteroatoms. The Bertz CT molecular complexity index is 1220. The van der Waals surface area contributed by atoms with Crippen LogP contribution in [-0.4, -0.2) is 39.6 Å². The summed E-state index contributed by atoms with van der Waals surface area (Å²) in [5, 5.41) is 8.75. The minimum absolute atomic E-state index is 0.276. The number of hydrogen-bond acceptors (Lipinski definition) is 7. The third kappa shape index (κ3) is 6.50. The van der Waals surface area contributed by atoms with Crippen LogP contribution in [0.25, 0.3) is 11.4 Å². The standard InChI is InChI=1S/C28H33N5O2/c1-19-14-20(2)30-25(15-19)21(3)32-34-17-28(4,5)18-35-33-24-13-9-12-23-16-29-27(31-26(23)24)22-10-7-6-8-11-22/h6-8,10-11,14-16H,9,12-13,17-18H2,1-5H3/b32-21+,33-24+. The van der Waals surface area contributed by atoms with Crippen molar-refractivity contribution in [2.75, 3.05) is 13.2 Å².